The Morgan fingerprint density at radius 3 is 2.10 bits per heavy atom. The van der Waals surface area contributed by atoms with Crippen LogP contribution in [0.1, 0.15) is 38.5 Å². The van der Waals surface area contributed by atoms with Gasteiger partial charge in [-0.1, -0.05) is 23.7 Å². The van der Waals surface area contributed by atoms with Crippen LogP contribution in [0.15, 0.2) is 65.6 Å². The van der Waals surface area contributed by atoms with Crippen molar-refractivity contribution in [3.8, 4) is 11.5 Å². The van der Waals surface area contributed by atoms with E-state index in [4.69, 9.17) is 21.1 Å². The average molecular weight is 454 g/mol. The van der Waals surface area contributed by atoms with Crippen LogP contribution in [0.4, 0.5) is 0 Å². The van der Waals surface area contributed by atoms with Crippen LogP contribution in [0.25, 0.3) is 10.8 Å². The second-order valence-electron chi connectivity index (χ2n) is 8.49. The molecule has 1 aliphatic heterocycles. The number of nitrogens with zero attached hydrogens (tertiary/aromatic N) is 1. The van der Waals surface area contributed by atoms with Crippen molar-refractivity contribution in [2.45, 2.75) is 55.6 Å². The smallest absolute Gasteiger partial charge is 0.120 e. The maximum absolute atomic E-state index is 6.16. The van der Waals surface area contributed by atoms with E-state index in [-0.39, 0.29) is 6.10 Å². The lowest BCUT2D eigenvalue weighted by Gasteiger charge is -2.31. The fourth-order valence-electron chi connectivity index (χ4n) is 4.43. The van der Waals surface area contributed by atoms with Crippen molar-refractivity contribution in [2.75, 3.05) is 13.1 Å². The monoisotopic (exact) mass is 453 g/mol. The minimum atomic E-state index is 0.271. The first-order chi connectivity index (χ1) is 15.2. The minimum Gasteiger partial charge on any atom is -0.490 e. The molecule has 0 N–H and O–H groups in total. The summed E-state index contributed by atoms with van der Waals surface area (Å²) in [6.45, 7) is 2.05. The molecule has 3 aromatic carbocycles. The Kier molecular flexibility index (Phi) is 6.58. The summed E-state index contributed by atoms with van der Waals surface area (Å²) >= 11 is 7.81. The van der Waals surface area contributed by atoms with Crippen LogP contribution in [0.2, 0.25) is 5.02 Å². The van der Waals surface area contributed by atoms with Crippen molar-refractivity contribution in [3.05, 3.63) is 65.7 Å². The molecule has 0 bridgehead atoms. The van der Waals surface area contributed by atoms with Gasteiger partial charge in [0.2, 0.25) is 0 Å². The van der Waals surface area contributed by atoms with Crippen LogP contribution in [0.5, 0.6) is 11.5 Å². The van der Waals surface area contributed by atoms with Gasteiger partial charge in [0, 0.05) is 23.0 Å². The molecule has 1 saturated heterocycles. The normalized spacial score (nSPS) is 18.5. The molecule has 0 atom stereocenters. The first-order valence-electron chi connectivity index (χ1n) is 11.3. The average Bonchev–Trinajstić information content (AvgIpc) is 3.30. The fraction of sp³-hybridized carbons (Fsp3) is 0.385. The molecule has 31 heavy (non-hydrogen) atoms. The predicted molar refractivity (Wildman–Crippen MR) is 129 cm³/mol. The molecule has 2 fully saturated rings. The minimum absolute atomic E-state index is 0.271. The summed E-state index contributed by atoms with van der Waals surface area (Å²) in [6.07, 6.45) is 7.71. The van der Waals surface area contributed by atoms with Gasteiger partial charge in [0.1, 0.15) is 17.6 Å². The highest BCUT2D eigenvalue weighted by atomic mass is 35.5. The number of hydrogen-bond acceptors (Lipinski definition) is 4. The number of ether oxygens (including phenoxy) is 2. The molecule has 0 amide bonds. The lowest BCUT2D eigenvalue weighted by atomic mass is 10.1. The summed E-state index contributed by atoms with van der Waals surface area (Å²) in [5, 5.41) is 3.26. The molecule has 0 spiro atoms. The number of halogens is 1. The molecule has 3 nitrogen and oxygen atoms in total. The SMILES string of the molecule is Clc1ccc(OC2CCN(Sc3ccc4cc(OC5CCCC5)ccc4c3)CC2)cc1. The molecular formula is C26H28ClNO2S. The first-order valence-corrected chi connectivity index (χ1v) is 12.4. The van der Waals surface area contributed by atoms with Gasteiger partial charge in [-0.05, 0) is 110 Å². The molecule has 2 aliphatic rings. The highest BCUT2D eigenvalue weighted by molar-refractivity contribution is 7.97. The maximum atomic E-state index is 6.16. The Morgan fingerprint density at radius 1 is 0.710 bits per heavy atom. The Hall–Kier alpha value is -1.88. The van der Waals surface area contributed by atoms with Gasteiger partial charge in [-0.15, -0.1) is 0 Å². The highest BCUT2D eigenvalue weighted by Crippen LogP contribution is 2.32. The van der Waals surface area contributed by atoms with E-state index in [1.165, 1.54) is 41.4 Å². The molecule has 1 saturated carbocycles. The quantitative estimate of drug-likeness (QED) is 0.363. The van der Waals surface area contributed by atoms with E-state index >= 15 is 0 Å². The zero-order chi connectivity index (χ0) is 21.0. The van der Waals surface area contributed by atoms with Gasteiger partial charge < -0.3 is 9.47 Å². The third kappa shape index (κ3) is 5.49. The Balaban J connectivity index is 1.15. The molecule has 0 aromatic heterocycles. The lowest BCUT2D eigenvalue weighted by Crippen LogP contribution is -2.34. The van der Waals surface area contributed by atoms with Crippen LogP contribution < -0.4 is 9.47 Å². The van der Waals surface area contributed by atoms with E-state index in [1.54, 1.807) is 0 Å². The van der Waals surface area contributed by atoms with E-state index < -0.39 is 0 Å². The summed E-state index contributed by atoms with van der Waals surface area (Å²) in [6, 6.07) is 20.9. The van der Waals surface area contributed by atoms with Crippen LogP contribution in [0, 0.1) is 0 Å². The number of piperidine rings is 1. The number of fused-ring (bicyclic) bond motifs is 1. The van der Waals surface area contributed by atoms with E-state index in [9.17, 15) is 0 Å². The Labute approximate surface area is 193 Å². The molecule has 0 unspecified atom stereocenters. The van der Waals surface area contributed by atoms with Crippen LogP contribution in [0.3, 0.4) is 0 Å². The largest absolute Gasteiger partial charge is 0.490 e. The first kappa shape index (κ1) is 21.0. The molecular weight excluding hydrogens is 426 g/mol. The van der Waals surface area contributed by atoms with E-state index in [0.29, 0.717) is 6.10 Å². The van der Waals surface area contributed by atoms with Crippen molar-refractivity contribution in [3.63, 3.8) is 0 Å². The van der Waals surface area contributed by atoms with Gasteiger partial charge in [0.05, 0.1) is 6.10 Å². The van der Waals surface area contributed by atoms with Gasteiger partial charge in [-0.2, -0.15) is 0 Å². The van der Waals surface area contributed by atoms with E-state index in [1.807, 2.05) is 36.2 Å². The summed E-state index contributed by atoms with van der Waals surface area (Å²) in [5.41, 5.74) is 0. The van der Waals surface area contributed by atoms with Crippen LogP contribution >= 0.6 is 23.5 Å². The van der Waals surface area contributed by atoms with Gasteiger partial charge in [-0.3, -0.25) is 0 Å². The predicted octanol–water partition coefficient (Wildman–Crippen LogP) is 7.37. The fourth-order valence-corrected chi connectivity index (χ4v) is 5.55. The van der Waals surface area contributed by atoms with Gasteiger partial charge >= 0.3 is 0 Å². The maximum Gasteiger partial charge on any atom is 0.120 e. The molecule has 5 rings (SSSR count). The molecule has 3 aromatic rings. The molecule has 162 valence electrons. The summed E-state index contributed by atoms with van der Waals surface area (Å²) in [7, 11) is 0. The van der Waals surface area contributed by atoms with Crippen molar-refractivity contribution in [2.24, 2.45) is 0 Å². The van der Waals surface area contributed by atoms with Crippen molar-refractivity contribution >= 4 is 34.3 Å². The zero-order valence-electron chi connectivity index (χ0n) is 17.6. The van der Waals surface area contributed by atoms with Gasteiger partial charge in [0.25, 0.3) is 0 Å². The number of benzene rings is 3. The molecule has 1 heterocycles. The number of rotatable bonds is 6. The Morgan fingerprint density at radius 2 is 1.32 bits per heavy atom. The van der Waals surface area contributed by atoms with E-state index in [2.05, 4.69) is 40.7 Å². The second kappa shape index (κ2) is 9.72. The van der Waals surface area contributed by atoms with E-state index in [0.717, 1.165) is 42.5 Å². The molecule has 5 heteroatoms. The van der Waals surface area contributed by atoms with Crippen LogP contribution in [-0.2, 0) is 0 Å². The summed E-state index contributed by atoms with van der Waals surface area (Å²) in [4.78, 5) is 1.29. The molecule has 0 radical (unpaired) electrons. The summed E-state index contributed by atoms with van der Waals surface area (Å²) in [5.74, 6) is 1.91. The van der Waals surface area contributed by atoms with Crippen molar-refractivity contribution in [1.29, 1.82) is 0 Å². The topological polar surface area (TPSA) is 21.7 Å². The van der Waals surface area contributed by atoms with Crippen molar-refractivity contribution in [1.82, 2.24) is 4.31 Å². The third-order valence-electron chi connectivity index (χ3n) is 6.14. The zero-order valence-corrected chi connectivity index (χ0v) is 19.2. The Bertz CT molecular complexity index is 1010. The van der Waals surface area contributed by atoms with Crippen molar-refractivity contribution < 1.29 is 9.47 Å². The summed E-state index contributed by atoms with van der Waals surface area (Å²) < 4.78 is 14.7. The van der Waals surface area contributed by atoms with Crippen LogP contribution in [-0.4, -0.2) is 29.6 Å². The third-order valence-corrected chi connectivity index (χ3v) is 7.48. The lowest BCUT2D eigenvalue weighted by molar-refractivity contribution is 0.139. The van der Waals surface area contributed by atoms with Gasteiger partial charge in [-0.25, -0.2) is 4.31 Å². The molecule has 1 aliphatic carbocycles. The standard InChI is InChI=1S/C26H28ClNO2S/c27-21-7-10-23(11-8-21)29-24-13-15-28(16-14-24)31-26-12-6-19-17-25(9-5-20(19)18-26)30-22-3-1-2-4-22/h5-12,17-18,22,24H,1-4,13-16H2. The second-order valence-corrected chi connectivity index (χ2v) is 10.1. The number of hydrogen-bond donors (Lipinski definition) is 0. The highest BCUT2D eigenvalue weighted by Gasteiger charge is 2.21. The van der Waals surface area contributed by atoms with Gasteiger partial charge in [0.15, 0.2) is 0 Å².